The van der Waals surface area contributed by atoms with E-state index in [0.29, 0.717) is 35.6 Å². The second-order valence-corrected chi connectivity index (χ2v) is 10.9. The van der Waals surface area contributed by atoms with Gasteiger partial charge in [0.15, 0.2) is 0 Å². The van der Waals surface area contributed by atoms with Gasteiger partial charge >= 0.3 is 0 Å². The molecule has 0 spiro atoms. The van der Waals surface area contributed by atoms with Crippen molar-refractivity contribution in [1.82, 2.24) is 4.90 Å². The summed E-state index contributed by atoms with van der Waals surface area (Å²) in [5.74, 6) is 0.736. The summed E-state index contributed by atoms with van der Waals surface area (Å²) in [6.45, 7) is 18.1. The van der Waals surface area contributed by atoms with Crippen molar-refractivity contribution >= 4 is 17.8 Å². The summed E-state index contributed by atoms with van der Waals surface area (Å²) in [5.41, 5.74) is 6.15. The second kappa shape index (κ2) is 17.1. The number of carbonyl (C=O) groups excluding carboxylic acids is 2. The molecule has 0 amide bonds. The standard InChI is InChI=1S/C27H27FN2O2.C9H16O.Es/c1-20-6-11-26(25(28)16-20)30-14-12-29(13-15-30)17-22-7-9-23(10-8-22)19-32-27-5-3-4-24(18-31)21(27)2;1-4-8(2)6-5-7-9(3)10;/h3-11,16H,2,12-15,17,19H2,1H3;2,4-7H2,1,3H3;/q-2;;. The molecule has 1 heterocycles. The van der Waals surface area contributed by atoms with Gasteiger partial charge < -0.3 is 19.2 Å². The number of nitrogens with zero attached hydrogens (tertiary/aromatic N) is 2. The van der Waals surface area contributed by atoms with Crippen LogP contribution in [-0.4, -0.2) is 43.1 Å². The van der Waals surface area contributed by atoms with E-state index in [4.69, 9.17) is 4.74 Å². The van der Waals surface area contributed by atoms with Crippen molar-refractivity contribution in [2.24, 2.45) is 0 Å². The molecular weight excluding hydrogens is 779 g/mol. The van der Waals surface area contributed by atoms with Gasteiger partial charge in [-0.1, -0.05) is 49.4 Å². The second-order valence-electron chi connectivity index (χ2n) is 10.9. The summed E-state index contributed by atoms with van der Waals surface area (Å²) < 4.78 is 20.1. The number of halogens is 1. The molecule has 1 radical (unpaired) electrons. The van der Waals surface area contributed by atoms with Crippen molar-refractivity contribution in [3.8, 4) is 5.75 Å². The molecule has 5 nitrogen and oxygen atoms in total. The number of Topliss-reactive ketones (excluding diaryl/α,β-unsaturated/α-hetero) is 1. The molecule has 3 aromatic carbocycles. The van der Waals surface area contributed by atoms with E-state index in [9.17, 15) is 14.0 Å². The number of ketones is 1. The van der Waals surface area contributed by atoms with Crippen LogP contribution in [0.25, 0.3) is 0 Å². The van der Waals surface area contributed by atoms with Crippen LogP contribution in [0.4, 0.5) is 10.1 Å². The largest absolute Gasteiger partial charge is 0.559 e. The normalized spacial score (nSPS) is 12.9. The maximum absolute atomic E-state index is 14.3. The molecule has 0 bridgehead atoms. The smallest absolute Gasteiger partial charge is 0.146 e. The Morgan fingerprint density at radius 3 is 2.30 bits per heavy atom. The van der Waals surface area contributed by atoms with Gasteiger partial charge in [0.1, 0.15) is 11.6 Å². The van der Waals surface area contributed by atoms with Gasteiger partial charge in [0.05, 0.1) is 12.3 Å². The van der Waals surface area contributed by atoms with E-state index in [2.05, 4.69) is 54.5 Å². The van der Waals surface area contributed by atoms with Gasteiger partial charge in [0, 0.05) is 39.1 Å². The predicted octanol–water partition coefficient (Wildman–Crippen LogP) is 7.39. The maximum Gasteiger partial charge on any atom is 0.146 e. The van der Waals surface area contributed by atoms with Gasteiger partial charge in [-0.2, -0.15) is 0 Å². The zero-order chi connectivity index (χ0) is 30.5. The summed E-state index contributed by atoms with van der Waals surface area (Å²) in [6, 6.07) is 19.0. The molecule has 1 saturated heterocycles. The fourth-order valence-corrected chi connectivity index (χ4v) is 4.74. The van der Waals surface area contributed by atoms with Crippen molar-refractivity contribution in [2.45, 2.75) is 59.6 Å². The Morgan fingerprint density at radius 2 is 1.70 bits per heavy atom. The van der Waals surface area contributed by atoms with Crippen molar-refractivity contribution in [3.05, 3.63) is 113 Å². The molecular formula is C36H43EsFN2O3-2. The van der Waals surface area contributed by atoms with E-state index < -0.39 is 0 Å². The van der Waals surface area contributed by atoms with Crippen LogP contribution in [0.15, 0.2) is 72.8 Å². The van der Waals surface area contributed by atoms with E-state index in [1.165, 1.54) is 11.1 Å². The number of hydrogen-bond acceptors (Lipinski definition) is 5. The quantitative estimate of drug-likeness (QED) is 0.141. The third kappa shape index (κ3) is 10.8. The van der Waals surface area contributed by atoms with Crippen LogP contribution in [0.3, 0.4) is 0 Å². The van der Waals surface area contributed by atoms with Gasteiger partial charge in [-0.05, 0) is 74.0 Å². The number of allylic oxidation sites excluding steroid dienone is 1. The Kier molecular flexibility index (Phi) is 13.7. The minimum absolute atomic E-state index is 0. The number of benzene rings is 3. The first kappa shape index (κ1) is 34.3. The monoisotopic (exact) mass is 822 g/mol. The molecule has 43 heavy (non-hydrogen) atoms. The molecule has 0 aliphatic carbocycles. The first-order valence-electron chi connectivity index (χ1n) is 14.6. The number of rotatable bonds is 12. The zero-order valence-corrected chi connectivity index (χ0v) is 28.1. The van der Waals surface area contributed by atoms with Crippen LogP contribution in [0.1, 0.15) is 67.3 Å². The number of ether oxygens (including phenoxy) is 1. The fourth-order valence-electron chi connectivity index (χ4n) is 4.74. The van der Waals surface area contributed by atoms with Crippen LogP contribution in [0.2, 0.25) is 0 Å². The Labute approximate surface area is 251 Å². The van der Waals surface area contributed by atoms with E-state index in [1.807, 2.05) is 25.3 Å². The average Bonchev–Trinajstić information content (AvgIpc) is 2.98. The molecule has 7 heteroatoms. The molecule has 0 unspecified atom stereocenters. The number of piperazine rings is 1. The van der Waals surface area contributed by atoms with Crippen molar-refractivity contribution in [2.75, 3.05) is 31.1 Å². The van der Waals surface area contributed by atoms with Gasteiger partial charge in [-0.25, -0.2) is 10.5 Å². The Bertz CT molecular complexity index is 1330. The van der Waals surface area contributed by atoms with Crippen molar-refractivity contribution < 1.29 is 18.7 Å². The minimum Gasteiger partial charge on any atom is -0.559 e. The molecule has 0 aromatic heterocycles. The number of aryl methyl sites for hydroxylation is 1. The summed E-state index contributed by atoms with van der Waals surface area (Å²) in [7, 11) is 0. The Hall–Kier alpha value is -4.90. The van der Waals surface area contributed by atoms with Crippen LogP contribution in [-0.2, 0) is 22.7 Å². The first-order valence-corrected chi connectivity index (χ1v) is 14.6. The summed E-state index contributed by atoms with van der Waals surface area (Å²) in [4.78, 5) is 25.9. The van der Waals surface area contributed by atoms with E-state index in [0.717, 1.165) is 63.1 Å². The summed E-state index contributed by atoms with van der Waals surface area (Å²) >= 11 is 0. The van der Waals surface area contributed by atoms with Crippen LogP contribution >= 0.6 is 0 Å². The Morgan fingerprint density at radius 1 is 1.02 bits per heavy atom. The van der Waals surface area contributed by atoms with Gasteiger partial charge in [-0.15, -0.1) is 12.1 Å². The van der Waals surface area contributed by atoms with E-state index in [1.54, 1.807) is 31.2 Å². The molecule has 3 aromatic rings. The van der Waals surface area contributed by atoms with Gasteiger partial charge in [-0.3, -0.25) is 23.0 Å². The zero-order valence-electron chi connectivity index (χ0n) is 25.6. The van der Waals surface area contributed by atoms with Crippen LogP contribution in [0.5, 0.6) is 5.75 Å². The van der Waals surface area contributed by atoms with Crippen LogP contribution in [0, 0.1) is 19.7 Å². The fraction of sp³-hybridized carbons (Fsp3) is 0.361. The molecule has 1 aliphatic heterocycles. The van der Waals surface area contributed by atoms with Gasteiger partial charge in [0.25, 0.3) is 0 Å². The van der Waals surface area contributed by atoms with E-state index in [-0.39, 0.29) is 11.6 Å². The molecule has 235 valence electrons. The van der Waals surface area contributed by atoms with Crippen molar-refractivity contribution in [3.63, 3.8) is 0 Å². The molecule has 0 atom stereocenters. The molecule has 4 rings (SSSR count). The summed E-state index contributed by atoms with van der Waals surface area (Å²) in [6.07, 6.45) is 5.61. The third-order valence-electron chi connectivity index (χ3n) is 7.44. The minimum atomic E-state index is -0.141. The number of carbonyl (C=O) groups is 1. The SMILES string of the molecule is C=C(CC)CCCC(C)=O.[CH2-]c1c([C-]=O)cccc1OCc1ccc(CN2CCN(c3ccc(C)cc3F)CC2)cc1.[Es]. The van der Waals surface area contributed by atoms with Gasteiger partial charge in [0.2, 0.25) is 0 Å². The van der Waals surface area contributed by atoms with Crippen LogP contribution < -0.4 is 9.64 Å². The molecule has 1 aliphatic rings. The number of anilines is 1. The predicted molar refractivity (Wildman–Crippen MR) is 169 cm³/mol. The third-order valence-corrected chi connectivity index (χ3v) is 7.44. The molecule has 0 saturated carbocycles. The molecule has 1 fully saturated rings. The first-order chi connectivity index (χ1) is 20.2. The average molecular weight is 823 g/mol. The van der Waals surface area contributed by atoms with E-state index >= 15 is 0 Å². The molecule has 0 N–H and O–H groups in total. The van der Waals surface area contributed by atoms with Crippen molar-refractivity contribution in [1.29, 1.82) is 0 Å². The Balaban J connectivity index is 0.000000507. The maximum atomic E-state index is 14.3. The summed E-state index contributed by atoms with van der Waals surface area (Å²) in [5, 5.41) is 0. The number of hydrogen-bond donors (Lipinski definition) is 0. The topological polar surface area (TPSA) is 49.9 Å².